The van der Waals surface area contributed by atoms with Gasteiger partial charge in [0.05, 0.1) is 25.1 Å². The van der Waals surface area contributed by atoms with E-state index in [9.17, 15) is 9.18 Å². The summed E-state index contributed by atoms with van der Waals surface area (Å²) in [6.45, 7) is 6.09. The van der Waals surface area contributed by atoms with E-state index in [1.54, 1.807) is 6.08 Å². The first-order valence-electron chi connectivity index (χ1n) is 7.66. The summed E-state index contributed by atoms with van der Waals surface area (Å²) >= 11 is 1.36. The molecule has 0 fully saturated rings. The molecule has 25 heavy (non-hydrogen) atoms. The Kier molecular flexibility index (Phi) is 8.56. The van der Waals surface area contributed by atoms with E-state index in [1.165, 1.54) is 18.4 Å². The van der Waals surface area contributed by atoms with Crippen molar-refractivity contribution >= 4 is 29.2 Å². The summed E-state index contributed by atoms with van der Waals surface area (Å²) in [5, 5.41) is 10.3. The number of aliphatic carboxylic acids is 1. The summed E-state index contributed by atoms with van der Waals surface area (Å²) in [6, 6.07) is 7.74. The van der Waals surface area contributed by atoms with Crippen molar-refractivity contribution in [3.05, 3.63) is 63.8 Å². The maximum Gasteiger partial charge on any atom is 0.331 e. The summed E-state index contributed by atoms with van der Waals surface area (Å²) in [5.41, 5.74) is 2.91. The van der Waals surface area contributed by atoms with Crippen LogP contribution in [0.25, 0.3) is 11.9 Å². The van der Waals surface area contributed by atoms with E-state index in [0.29, 0.717) is 10.9 Å². The lowest BCUT2D eigenvalue weighted by Gasteiger charge is -1.99. The molecule has 0 bridgehead atoms. The number of hydrogen-bond donors (Lipinski definition) is 1. The third-order valence-electron chi connectivity index (χ3n) is 3.14. The predicted octanol–water partition coefficient (Wildman–Crippen LogP) is 5.27. The first-order valence-corrected chi connectivity index (χ1v) is 8.54. The number of carboxylic acids is 1. The van der Waals surface area contributed by atoms with Crippen molar-refractivity contribution in [3.63, 3.8) is 0 Å². The number of thiazole rings is 1. The van der Waals surface area contributed by atoms with E-state index in [1.807, 2.05) is 36.6 Å². The average Bonchev–Trinajstić information content (AvgIpc) is 3.06. The van der Waals surface area contributed by atoms with Crippen molar-refractivity contribution in [3.8, 4) is 0 Å². The van der Waals surface area contributed by atoms with E-state index in [4.69, 9.17) is 5.11 Å². The van der Waals surface area contributed by atoms with Gasteiger partial charge in [0, 0.05) is 5.38 Å². The fraction of sp³-hybridized carbons (Fsp3) is 0.263. The number of rotatable bonds is 5. The van der Waals surface area contributed by atoms with Crippen LogP contribution in [0.1, 0.15) is 41.6 Å². The Hall–Kier alpha value is -2.47. The Bertz CT molecular complexity index is 751. The van der Waals surface area contributed by atoms with E-state index >= 15 is 0 Å². The lowest BCUT2D eigenvalue weighted by molar-refractivity contribution is -0.131. The molecule has 0 spiro atoms. The molecule has 0 saturated heterocycles. The number of aryl methyl sites for hydroxylation is 1. The molecule has 6 heteroatoms. The van der Waals surface area contributed by atoms with Crippen LogP contribution in [0.4, 0.5) is 4.39 Å². The van der Waals surface area contributed by atoms with Crippen molar-refractivity contribution in [1.29, 1.82) is 0 Å². The van der Waals surface area contributed by atoms with Crippen molar-refractivity contribution in [2.24, 2.45) is 0 Å². The smallest absolute Gasteiger partial charge is 0.331 e. The van der Waals surface area contributed by atoms with Gasteiger partial charge < -0.3 is 9.84 Å². The molecule has 0 amide bonds. The van der Waals surface area contributed by atoms with Crippen molar-refractivity contribution in [1.82, 2.24) is 4.98 Å². The number of nitrogens with zero attached hydrogens (tertiary/aromatic N) is 1. The van der Waals surface area contributed by atoms with Gasteiger partial charge in [0.2, 0.25) is 0 Å². The molecule has 2 aromatic rings. The van der Waals surface area contributed by atoms with Gasteiger partial charge in [-0.15, -0.1) is 11.3 Å². The van der Waals surface area contributed by atoms with Crippen LogP contribution in [0.5, 0.6) is 0 Å². The average molecular weight is 363 g/mol. The summed E-state index contributed by atoms with van der Waals surface area (Å²) in [4.78, 5) is 13.9. The second-order valence-electron chi connectivity index (χ2n) is 5.46. The van der Waals surface area contributed by atoms with Gasteiger partial charge in [-0.05, 0) is 30.0 Å². The first kappa shape index (κ1) is 20.6. The van der Waals surface area contributed by atoms with Crippen molar-refractivity contribution in [2.45, 2.75) is 26.7 Å². The molecule has 2 rings (SSSR count). The molecule has 134 valence electrons. The van der Waals surface area contributed by atoms with Gasteiger partial charge in [-0.25, -0.2) is 14.2 Å². The highest BCUT2D eigenvalue weighted by atomic mass is 32.1. The van der Waals surface area contributed by atoms with Gasteiger partial charge in [0.1, 0.15) is 0 Å². The zero-order valence-electron chi connectivity index (χ0n) is 14.7. The van der Waals surface area contributed by atoms with Crippen LogP contribution in [-0.2, 0) is 9.53 Å². The van der Waals surface area contributed by atoms with E-state index in [2.05, 4.69) is 23.6 Å². The van der Waals surface area contributed by atoms with Gasteiger partial charge in [-0.2, -0.15) is 0 Å². The van der Waals surface area contributed by atoms with Gasteiger partial charge >= 0.3 is 5.97 Å². The second kappa shape index (κ2) is 10.4. The number of hydrogen-bond acceptors (Lipinski definition) is 4. The minimum atomic E-state index is -0.998. The van der Waals surface area contributed by atoms with Crippen molar-refractivity contribution in [2.75, 3.05) is 7.11 Å². The minimum absolute atomic E-state index is 0.263. The second-order valence-corrected chi connectivity index (χ2v) is 6.32. The summed E-state index contributed by atoms with van der Waals surface area (Å²) in [5.74, 6) is -0.927. The maximum atomic E-state index is 14.1. The van der Waals surface area contributed by atoms with Gasteiger partial charge in [-0.1, -0.05) is 38.1 Å². The predicted molar refractivity (Wildman–Crippen MR) is 100 cm³/mol. The third kappa shape index (κ3) is 7.30. The third-order valence-corrected chi connectivity index (χ3v) is 4.00. The van der Waals surface area contributed by atoms with Crippen LogP contribution in [0.15, 0.2) is 42.0 Å². The lowest BCUT2D eigenvalue weighted by Crippen LogP contribution is -1.87. The molecule has 0 radical (unpaired) electrons. The zero-order valence-corrected chi connectivity index (χ0v) is 15.5. The number of carbonyl (C=O) groups is 1. The van der Waals surface area contributed by atoms with Gasteiger partial charge in [0.25, 0.3) is 0 Å². The Morgan fingerprint density at radius 3 is 2.52 bits per heavy atom. The van der Waals surface area contributed by atoms with Crippen LogP contribution in [-0.4, -0.2) is 23.2 Å². The molecule has 0 saturated carbocycles. The first-order chi connectivity index (χ1) is 11.8. The standard InChI is InChI=1S/C15H16FNS.C4H6O3/c1-10(2)14-9-18-15(17-14)13(16)8-12-7-5-4-6-11(12)3;1-7-3-2-4(5)6/h4-10H,1-3H3;2-3H,1H3,(H,5,6). The van der Waals surface area contributed by atoms with Crippen molar-refractivity contribution < 1.29 is 19.0 Å². The zero-order chi connectivity index (χ0) is 18.8. The Balaban J connectivity index is 0.000000381. The SMILES string of the molecule is COC=CC(=O)O.Cc1ccccc1C=C(F)c1nc(C(C)C)cs1. The molecule has 1 heterocycles. The molecule has 1 aromatic heterocycles. The highest BCUT2D eigenvalue weighted by molar-refractivity contribution is 7.10. The van der Waals surface area contributed by atoms with Crippen LogP contribution in [0.3, 0.4) is 0 Å². The fourth-order valence-corrected chi connectivity index (χ4v) is 2.62. The number of carboxylic acid groups (broad SMARTS) is 1. The number of aromatic nitrogens is 1. The Morgan fingerprint density at radius 2 is 2.04 bits per heavy atom. The monoisotopic (exact) mass is 363 g/mol. The summed E-state index contributed by atoms with van der Waals surface area (Å²) in [6.07, 6.45) is 3.57. The molecular formula is C19H22FNO3S. The van der Waals surface area contributed by atoms with E-state index in [-0.39, 0.29) is 5.83 Å². The number of benzene rings is 1. The molecule has 0 aliphatic carbocycles. The topological polar surface area (TPSA) is 59.4 Å². The number of ether oxygens (including phenoxy) is 1. The maximum absolute atomic E-state index is 14.1. The highest BCUT2D eigenvalue weighted by Crippen LogP contribution is 2.26. The normalized spacial score (nSPS) is 11.4. The fourth-order valence-electron chi connectivity index (χ4n) is 1.73. The van der Waals surface area contributed by atoms with E-state index in [0.717, 1.165) is 29.2 Å². The van der Waals surface area contributed by atoms with E-state index < -0.39 is 5.97 Å². The van der Waals surface area contributed by atoms with Gasteiger partial charge in [-0.3, -0.25) is 0 Å². The van der Waals surface area contributed by atoms with Crippen LogP contribution in [0, 0.1) is 6.92 Å². The molecule has 4 nitrogen and oxygen atoms in total. The lowest BCUT2D eigenvalue weighted by atomic mass is 10.1. The minimum Gasteiger partial charge on any atom is -0.504 e. The molecule has 1 aromatic carbocycles. The van der Waals surface area contributed by atoms with Gasteiger partial charge in [0.15, 0.2) is 10.8 Å². The molecule has 0 unspecified atom stereocenters. The molecule has 0 atom stereocenters. The number of halogens is 1. The summed E-state index contributed by atoms with van der Waals surface area (Å²) < 4.78 is 18.4. The Morgan fingerprint density at radius 1 is 1.36 bits per heavy atom. The quantitative estimate of drug-likeness (QED) is 0.580. The van der Waals surface area contributed by atoms with Crippen LogP contribution in [0.2, 0.25) is 0 Å². The highest BCUT2D eigenvalue weighted by Gasteiger charge is 2.09. The van der Waals surface area contributed by atoms with Crippen LogP contribution < -0.4 is 0 Å². The Labute approximate surface area is 151 Å². The molecule has 1 N–H and O–H groups in total. The molecular weight excluding hydrogens is 341 g/mol. The van der Waals surface area contributed by atoms with Crippen LogP contribution >= 0.6 is 11.3 Å². The summed E-state index contributed by atoms with van der Waals surface area (Å²) in [7, 11) is 1.39. The number of methoxy groups -OCH3 is 1. The molecule has 0 aliphatic heterocycles. The largest absolute Gasteiger partial charge is 0.504 e. The molecule has 0 aliphatic rings.